The van der Waals surface area contributed by atoms with Crippen molar-refractivity contribution in [3.8, 4) is 17.2 Å². The minimum atomic E-state index is 0.0475. The molecule has 0 N–H and O–H groups in total. The Bertz CT molecular complexity index is 740. The lowest BCUT2D eigenvalue weighted by Crippen LogP contribution is -2.33. The van der Waals surface area contributed by atoms with Gasteiger partial charge in [0.2, 0.25) is 11.7 Å². The van der Waals surface area contributed by atoms with E-state index >= 15 is 0 Å². The molecule has 2 aliphatic carbocycles. The van der Waals surface area contributed by atoms with Gasteiger partial charge in [-0.15, -0.1) is 0 Å². The maximum absolute atomic E-state index is 12.5. The van der Waals surface area contributed by atoms with Gasteiger partial charge in [0.15, 0.2) is 11.5 Å². The number of fused-ring (bicyclic) bond motifs is 3. The second-order valence-corrected chi connectivity index (χ2v) is 6.94. The maximum Gasteiger partial charge on any atom is 0.223 e. The molecule has 0 radical (unpaired) electrons. The summed E-state index contributed by atoms with van der Waals surface area (Å²) in [6.07, 6.45) is 7.26. The highest BCUT2D eigenvalue weighted by molar-refractivity contribution is 5.85. The van der Waals surface area contributed by atoms with Crippen LogP contribution in [0.2, 0.25) is 0 Å². The molecule has 1 aromatic carbocycles. The van der Waals surface area contributed by atoms with Crippen molar-refractivity contribution in [3.63, 3.8) is 0 Å². The largest absolute Gasteiger partial charge is 0.493 e. The van der Waals surface area contributed by atoms with Crippen molar-refractivity contribution in [2.75, 3.05) is 27.9 Å². The molecule has 5 heteroatoms. The Labute approximate surface area is 148 Å². The molecule has 0 bridgehead atoms. The zero-order valence-electron chi connectivity index (χ0n) is 15.1. The first-order valence-electron chi connectivity index (χ1n) is 9.04. The average Bonchev–Trinajstić information content (AvgIpc) is 3.20. The van der Waals surface area contributed by atoms with E-state index in [-0.39, 0.29) is 11.9 Å². The highest BCUT2D eigenvalue weighted by Crippen LogP contribution is 2.59. The molecule has 5 nitrogen and oxygen atoms in total. The molecule has 1 saturated heterocycles. The molecule has 1 aliphatic heterocycles. The normalized spacial score (nSPS) is 24.7. The van der Waals surface area contributed by atoms with Gasteiger partial charge in [-0.05, 0) is 42.9 Å². The molecular weight excluding hydrogens is 318 g/mol. The molecule has 1 heterocycles. The fourth-order valence-corrected chi connectivity index (χ4v) is 4.79. The van der Waals surface area contributed by atoms with Crippen LogP contribution in [0.15, 0.2) is 12.1 Å². The van der Waals surface area contributed by atoms with Crippen LogP contribution in [0.4, 0.5) is 0 Å². The fraction of sp³-hybridized carbons (Fsp3) is 0.550. The molecule has 0 saturated carbocycles. The molecule has 0 aromatic heterocycles. The van der Waals surface area contributed by atoms with E-state index in [1.165, 1.54) is 5.57 Å². The van der Waals surface area contributed by atoms with Crippen LogP contribution in [0, 0.1) is 5.92 Å². The molecule has 134 valence electrons. The van der Waals surface area contributed by atoms with Crippen LogP contribution in [0.1, 0.15) is 49.3 Å². The minimum absolute atomic E-state index is 0.0475. The van der Waals surface area contributed by atoms with Crippen molar-refractivity contribution in [2.45, 2.75) is 38.1 Å². The number of nitrogens with zero attached hydrogens (tertiary/aromatic N) is 1. The summed E-state index contributed by atoms with van der Waals surface area (Å²) in [6.45, 7) is 0.824. The van der Waals surface area contributed by atoms with E-state index in [1.807, 2.05) is 0 Å². The zero-order valence-corrected chi connectivity index (χ0v) is 15.1. The number of carbonyl (C=O) groups is 1. The first-order chi connectivity index (χ1) is 12.2. The highest BCUT2D eigenvalue weighted by Gasteiger charge is 2.46. The summed E-state index contributed by atoms with van der Waals surface area (Å²) in [7, 11) is 4.94. The number of methoxy groups -OCH3 is 3. The van der Waals surface area contributed by atoms with Gasteiger partial charge >= 0.3 is 0 Å². The van der Waals surface area contributed by atoms with Crippen molar-refractivity contribution in [1.29, 1.82) is 0 Å². The molecule has 0 unspecified atom stereocenters. The van der Waals surface area contributed by atoms with Crippen molar-refractivity contribution in [3.05, 3.63) is 23.3 Å². The lowest BCUT2D eigenvalue weighted by Gasteiger charge is -2.32. The highest BCUT2D eigenvalue weighted by atomic mass is 16.5. The van der Waals surface area contributed by atoms with Gasteiger partial charge in [-0.2, -0.15) is 0 Å². The Kier molecular flexibility index (Phi) is 4.10. The van der Waals surface area contributed by atoms with Gasteiger partial charge < -0.3 is 19.1 Å². The number of hydrogen-bond donors (Lipinski definition) is 0. The molecule has 1 fully saturated rings. The molecule has 1 aromatic rings. The molecule has 2 atom stereocenters. The van der Waals surface area contributed by atoms with E-state index in [4.69, 9.17) is 14.2 Å². The Hall–Kier alpha value is -2.17. The number of amides is 1. The van der Waals surface area contributed by atoms with Crippen molar-refractivity contribution in [1.82, 2.24) is 4.90 Å². The zero-order chi connectivity index (χ0) is 17.6. The first-order valence-corrected chi connectivity index (χ1v) is 9.04. The quantitative estimate of drug-likeness (QED) is 0.838. The molecular formula is C20H25NO4. The van der Waals surface area contributed by atoms with E-state index < -0.39 is 0 Å². The summed E-state index contributed by atoms with van der Waals surface area (Å²) in [5.41, 5.74) is 3.59. The number of ether oxygens (including phenoxy) is 3. The van der Waals surface area contributed by atoms with Crippen LogP contribution >= 0.6 is 0 Å². The predicted octanol–water partition coefficient (Wildman–Crippen LogP) is 3.57. The predicted molar refractivity (Wildman–Crippen MR) is 95.1 cm³/mol. The summed E-state index contributed by atoms with van der Waals surface area (Å²) >= 11 is 0. The van der Waals surface area contributed by atoms with Crippen molar-refractivity contribution < 1.29 is 19.0 Å². The molecule has 0 spiro atoms. The Morgan fingerprint density at radius 3 is 2.52 bits per heavy atom. The molecule has 25 heavy (non-hydrogen) atoms. The lowest BCUT2D eigenvalue weighted by molar-refractivity contribution is -0.130. The monoisotopic (exact) mass is 343 g/mol. The summed E-state index contributed by atoms with van der Waals surface area (Å²) in [6, 6.07) is 2.10. The number of carbonyl (C=O) groups excluding carboxylic acids is 1. The van der Waals surface area contributed by atoms with E-state index in [1.54, 1.807) is 21.3 Å². The second kappa shape index (κ2) is 6.28. The Morgan fingerprint density at radius 2 is 1.88 bits per heavy atom. The van der Waals surface area contributed by atoms with Gasteiger partial charge in [0.05, 0.1) is 27.4 Å². The summed E-state index contributed by atoms with van der Waals surface area (Å²) in [4.78, 5) is 14.6. The van der Waals surface area contributed by atoms with Crippen LogP contribution < -0.4 is 14.2 Å². The standard InChI is InChI=1S/C20H25NO4/c1-23-15-11-14-12-7-4-5-8-13(12)18(21-10-6-9-16(21)22)17(14)20(25-3)19(15)24-2/h7,11,13,18H,4-6,8-10H2,1-3H3/t13-,18+/m1/s1. The van der Waals surface area contributed by atoms with Gasteiger partial charge in [-0.25, -0.2) is 0 Å². The smallest absolute Gasteiger partial charge is 0.223 e. The van der Waals surface area contributed by atoms with E-state index in [0.29, 0.717) is 29.6 Å². The molecule has 1 amide bonds. The third-order valence-electron chi connectivity index (χ3n) is 5.79. The van der Waals surface area contributed by atoms with Gasteiger partial charge in [0.1, 0.15) is 0 Å². The van der Waals surface area contributed by atoms with E-state index in [9.17, 15) is 4.79 Å². The van der Waals surface area contributed by atoms with Crippen LogP contribution in [0.5, 0.6) is 17.2 Å². The van der Waals surface area contributed by atoms with Crippen LogP contribution in [-0.2, 0) is 4.79 Å². The van der Waals surface area contributed by atoms with Crippen LogP contribution in [0.3, 0.4) is 0 Å². The minimum Gasteiger partial charge on any atom is -0.493 e. The number of rotatable bonds is 4. The Morgan fingerprint density at radius 1 is 1.08 bits per heavy atom. The third kappa shape index (κ3) is 2.32. The first kappa shape index (κ1) is 16.3. The SMILES string of the molecule is COc1cc2c(c(OC)c1OC)[C@@H](N1CCCC1=O)[C@@H]1CCCC=C21. The van der Waals surface area contributed by atoms with Gasteiger partial charge in [-0.3, -0.25) is 4.79 Å². The molecule has 4 rings (SSSR count). The third-order valence-corrected chi connectivity index (χ3v) is 5.79. The summed E-state index contributed by atoms with van der Waals surface area (Å²) < 4.78 is 16.9. The van der Waals surface area contributed by atoms with Crippen LogP contribution in [0.25, 0.3) is 5.57 Å². The van der Waals surface area contributed by atoms with Crippen molar-refractivity contribution in [2.24, 2.45) is 5.92 Å². The van der Waals surface area contributed by atoms with Crippen molar-refractivity contribution >= 4 is 11.5 Å². The van der Waals surface area contributed by atoms with E-state index in [2.05, 4.69) is 17.0 Å². The number of benzene rings is 1. The molecule has 3 aliphatic rings. The summed E-state index contributed by atoms with van der Waals surface area (Å²) in [5, 5.41) is 0. The second-order valence-electron chi connectivity index (χ2n) is 6.94. The maximum atomic E-state index is 12.5. The van der Waals surface area contributed by atoms with Gasteiger partial charge in [0.25, 0.3) is 0 Å². The average molecular weight is 343 g/mol. The number of hydrogen-bond acceptors (Lipinski definition) is 4. The summed E-state index contributed by atoms with van der Waals surface area (Å²) in [5.74, 6) is 2.59. The van der Waals surface area contributed by atoms with Gasteiger partial charge in [-0.1, -0.05) is 6.08 Å². The number of allylic oxidation sites excluding steroid dienone is 1. The lowest BCUT2D eigenvalue weighted by atomic mass is 9.85. The topological polar surface area (TPSA) is 48.0 Å². The Balaban J connectivity index is 1.96. The van der Waals surface area contributed by atoms with Gasteiger partial charge in [0, 0.05) is 24.4 Å². The van der Waals surface area contributed by atoms with E-state index in [0.717, 1.165) is 43.4 Å². The number of likely N-dealkylation sites (tertiary alicyclic amines) is 1. The van der Waals surface area contributed by atoms with Crippen LogP contribution in [-0.4, -0.2) is 38.7 Å². The fourth-order valence-electron chi connectivity index (χ4n) is 4.79.